The fourth-order valence-corrected chi connectivity index (χ4v) is 4.00. The van der Waals surface area contributed by atoms with Crippen LogP contribution >= 0.6 is 0 Å². The van der Waals surface area contributed by atoms with Gasteiger partial charge in [0.25, 0.3) is 0 Å². The van der Waals surface area contributed by atoms with Crippen molar-refractivity contribution < 1.29 is 14.3 Å². The summed E-state index contributed by atoms with van der Waals surface area (Å²) in [4.78, 5) is 37.3. The second-order valence-electron chi connectivity index (χ2n) is 8.48. The third-order valence-corrected chi connectivity index (χ3v) is 5.98. The van der Waals surface area contributed by atoms with Crippen LogP contribution in [0.1, 0.15) is 31.7 Å². The maximum atomic E-state index is 13.4. The molecule has 1 aliphatic heterocycles. The van der Waals surface area contributed by atoms with Gasteiger partial charge in [-0.05, 0) is 25.0 Å². The molecule has 1 fully saturated rings. The minimum Gasteiger partial charge on any atom is -0.460 e. The van der Waals surface area contributed by atoms with E-state index in [1.807, 2.05) is 74.5 Å². The number of benzene rings is 2. The highest BCUT2D eigenvalue weighted by Gasteiger charge is 2.62. The quantitative estimate of drug-likeness (QED) is 0.469. The number of likely N-dealkylation sites (N-methyl/N-ethyl adjacent to an activating group) is 1. The molecule has 1 unspecified atom stereocenters. The molecule has 1 amide bonds. The summed E-state index contributed by atoms with van der Waals surface area (Å²) >= 11 is 0. The molecule has 0 radical (unpaired) electrons. The van der Waals surface area contributed by atoms with E-state index in [1.165, 1.54) is 0 Å². The number of carbonyl (C=O) groups is 2. The van der Waals surface area contributed by atoms with Gasteiger partial charge in [-0.15, -0.1) is 0 Å². The van der Waals surface area contributed by atoms with E-state index in [-0.39, 0.29) is 24.8 Å². The molecule has 3 aromatic rings. The van der Waals surface area contributed by atoms with Crippen LogP contribution in [0.3, 0.4) is 0 Å². The molecule has 2 aromatic carbocycles. The second kappa shape index (κ2) is 7.95. The van der Waals surface area contributed by atoms with E-state index in [0.29, 0.717) is 0 Å². The van der Waals surface area contributed by atoms with Crippen LogP contribution < -0.4 is 0 Å². The smallest absolute Gasteiger partial charge is 0.330 e. The summed E-state index contributed by atoms with van der Waals surface area (Å²) in [5.41, 5.74) is 0.525. The summed E-state index contributed by atoms with van der Waals surface area (Å²) in [6.07, 6.45) is 3.55. The van der Waals surface area contributed by atoms with Crippen LogP contribution in [0.15, 0.2) is 73.1 Å². The van der Waals surface area contributed by atoms with Gasteiger partial charge >= 0.3 is 5.97 Å². The first-order chi connectivity index (χ1) is 14.8. The first kappa shape index (κ1) is 20.7. The highest BCUT2D eigenvalue weighted by atomic mass is 16.5. The van der Waals surface area contributed by atoms with Crippen molar-refractivity contribution >= 4 is 11.9 Å². The van der Waals surface area contributed by atoms with Crippen molar-refractivity contribution in [2.24, 2.45) is 0 Å². The van der Waals surface area contributed by atoms with Gasteiger partial charge in [-0.25, -0.2) is 9.97 Å². The first-order valence-electron chi connectivity index (χ1n) is 10.2. The van der Waals surface area contributed by atoms with Crippen LogP contribution in [-0.2, 0) is 26.3 Å². The van der Waals surface area contributed by atoms with Crippen LogP contribution in [0.25, 0.3) is 11.1 Å². The predicted octanol–water partition coefficient (Wildman–Crippen LogP) is 3.77. The van der Waals surface area contributed by atoms with Crippen LogP contribution in [0.2, 0.25) is 0 Å². The Morgan fingerprint density at radius 3 is 2.10 bits per heavy atom. The molecule has 0 spiro atoms. The standard InChI is InChI=1S/C25H25N3O3/c1-24(2)17-25(22(29)28(24)3,23(30)31-16-18-10-6-4-7-11-18)21-26-14-20(15-27-21)19-12-8-5-9-13-19/h4-15H,16-17H2,1-3H3. The van der Waals surface area contributed by atoms with Crippen LogP contribution in [0.5, 0.6) is 0 Å². The van der Waals surface area contributed by atoms with Gasteiger partial charge in [-0.1, -0.05) is 60.7 Å². The third kappa shape index (κ3) is 3.69. The highest BCUT2D eigenvalue weighted by Crippen LogP contribution is 2.44. The molecule has 158 valence electrons. The summed E-state index contributed by atoms with van der Waals surface area (Å²) in [5, 5.41) is 0. The summed E-state index contributed by atoms with van der Waals surface area (Å²) in [5.74, 6) is -0.790. The Bertz CT molecular complexity index is 1080. The molecular weight excluding hydrogens is 390 g/mol. The van der Waals surface area contributed by atoms with Gasteiger partial charge in [0.2, 0.25) is 11.3 Å². The van der Waals surface area contributed by atoms with Gasteiger partial charge in [0, 0.05) is 37.0 Å². The van der Waals surface area contributed by atoms with Crippen molar-refractivity contribution in [3.8, 4) is 11.1 Å². The normalized spacial score (nSPS) is 20.0. The Balaban J connectivity index is 1.70. The molecule has 0 bridgehead atoms. The van der Waals surface area contributed by atoms with E-state index in [9.17, 15) is 9.59 Å². The summed E-state index contributed by atoms with van der Waals surface area (Å²) in [6.45, 7) is 3.94. The minimum atomic E-state index is -1.57. The zero-order valence-corrected chi connectivity index (χ0v) is 17.9. The molecule has 1 aromatic heterocycles. The Morgan fingerprint density at radius 2 is 1.55 bits per heavy atom. The van der Waals surface area contributed by atoms with E-state index in [2.05, 4.69) is 9.97 Å². The second-order valence-corrected chi connectivity index (χ2v) is 8.48. The van der Waals surface area contributed by atoms with Crippen LogP contribution in [0.4, 0.5) is 0 Å². The molecular formula is C25H25N3O3. The monoisotopic (exact) mass is 415 g/mol. The van der Waals surface area contributed by atoms with Gasteiger partial charge in [0.05, 0.1) is 0 Å². The number of hydrogen-bond donors (Lipinski definition) is 0. The van der Waals surface area contributed by atoms with E-state index in [4.69, 9.17) is 4.74 Å². The Morgan fingerprint density at radius 1 is 0.968 bits per heavy atom. The average molecular weight is 415 g/mol. The number of ether oxygens (including phenoxy) is 1. The predicted molar refractivity (Wildman–Crippen MR) is 117 cm³/mol. The number of aromatic nitrogens is 2. The van der Waals surface area contributed by atoms with E-state index < -0.39 is 16.9 Å². The van der Waals surface area contributed by atoms with Crippen molar-refractivity contribution in [2.45, 2.75) is 37.8 Å². The molecule has 6 nitrogen and oxygen atoms in total. The van der Waals surface area contributed by atoms with Crippen molar-refractivity contribution in [3.05, 3.63) is 84.4 Å². The van der Waals surface area contributed by atoms with Crippen molar-refractivity contribution in [1.82, 2.24) is 14.9 Å². The SMILES string of the molecule is CN1C(=O)C(C(=O)OCc2ccccc2)(c2ncc(-c3ccccc3)cn2)CC1(C)C. The van der Waals surface area contributed by atoms with Gasteiger partial charge in [-0.3, -0.25) is 9.59 Å². The molecule has 6 heteroatoms. The van der Waals surface area contributed by atoms with E-state index in [1.54, 1.807) is 24.3 Å². The van der Waals surface area contributed by atoms with Gasteiger partial charge in [-0.2, -0.15) is 0 Å². The van der Waals surface area contributed by atoms with E-state index >= 15 is 0 Å². The number of likely N-dealkylation sites (tertiary alicyclic amines) is 1. The maximum absolute atomic E-state index is 13.4. The van der Waals surface area contributed by atoms with E-state index in [0.717, 1.165) is 16.7 Å². The highest BCUT2D eigenvalue weighted by molar-refractivity contribution is 6.10. The van der Waals surface area contributed by atoms with Gasteiger partial charge in [0.1, 0.15) is 6.61 Å². The molecule has 31 heavy (non-hydrogen) atoms. The number of hydrogen-bond acceptors (Lipinski definition) is 5. The fourth-order valence-electron chi connectivity index (χ4n) is 4.00. The molecule has 1 saturated heterocycles. The first-order valence-corrected chi connectivity index (χ1v) is 10.2. The van der Waals surface area contributed by atoms with Gasteiger partial charge in [0.15, 0.2) is 5.82 Å². The molecule has 0 saturated carbocycles. The maximum Gasteiger partial charge on any atom is 0.330 e. The number of carbonyl (C=O) groups excluding carboxylic acids is 2. The molecule has 4 rings (SSSR count). The fraction of sp³-hybridized carbons (Fsp3) is 0.280. The van der Waals surface area contributed by atoms with Crippen molar-refractivity contribution in [1.29, 1.82) is 0 Å². The molecule has 2 heterocycles. The number of rotatable bonds is 5. The molecule has 1 aliphatic rings. The largest absolute Gasteiger partial charge is 0.460 e. The lowest BCUT2D eigenvalue weighted by molar-refractivity contribution is -0.156. The topological polar surface area (TPSA) is 72.4 Å². The van der Waals surface area contributed by atoms with Gasteiger partial charge < -0.3 is 9.64 Å². The molecule has 1 atom stereocenters. The minimum absolute atomic E-state index is 0.0843. The van der Waals surface area contributed by atoms with Crippen molar-refractivity contribution in [3.63, 3.8) is 0 Å². The average Bonchev–Trinajstić information content (AvgIpc) is 2.99. The van der Waals surface area contributed by atoms with Crippen LogP contribution in [0, 0.1) is 0 Å². The summed E-state index contributed by atoms with van der Waals surface area (Å²) in [6, 6.07) is 19.1. The summed E-state index contributed by atoms with van der Waals surface area (Å²) in [7, 11) is 1.70. The lowest BCUT2D eigenvalue weighted by Crippen LogP contribution is -2.46. The zero-order valence-electron chi connectivity index (χ0n) is 17.9. The number of amides is 1. The lowest BCUT2D eigenvalue weighted by Gasteiger charge is -2.26. The van der Waals surface area contributed by atoms with Crippen molar-refractivity contribution in [2.75, 3.05) is 7.05 Å². The number of esters is 1. The summed E-state index contributed by atoms with van der Waals surface area (Å²) < 4.78 is 5.63. The Kier molecular flexibility index (Phi) is 5.31. The lowest BCUT2D eigenvalue weighted by atomic mass is 9.80. The molecule has 0 aliphatic carbocycles. The zero-order chi connectivity index (χ0) is 22.1. The Labute approximate surface area is 181 Å². The molecule has 0 N–H and O–H groups in total. The third-order valence-electron chi connectivity index (χ3n) is 5.98. The Hall–Kier alpha value is -3.54. The van der Waals surface area contributed by atoms with Crippen LogP contribution in [-0.4, -0.2) is 39.3 Å². The number of nitrogens with zero attached hydrogens (tertiary/aromatic N) is 3.